The molecule has 1 atom stereocenters. The van der Waals surface area contributed by atoms with E-state index >= 15 is 0 Å². The molecule has 1 unspecified atom stereocenters. The van der Waals surface area contributed by atoms with Gasteiger partial charge in [0.1, 0.15) is 6.10 Å². The third-order valence-electron chi connectivity index (χ3n) is 9.97. The number of hydrogen-bond acceptors (Lipinski definition) is 4. The van der Waals surface area contributed by atoms with Crippen molar-refractivity contribution >= 4 is 5.97 Å². The highest BCUT2D eigenvalue weighted by atomic mass is 16.6. The number of hydrogen-bond donors (Lipinski definition) is 1. The number of carbonyl (C=O) groups excluding carboxylic acids is 1. The normalized spacial score (nSPS) is 13.6. The van der Waals surface area contributed by atoms with Crippen LogP contribution in [-0.4, -0.2) is 37.0 Å². The number of esters is 1. The summed E-state index contributed by atoms with van der Waals surface area (Å²) < 4.78 is 11.2. The Morgan fingerprint density at radius 1 is 0.393 bits per heavy atom. The molecule has 344 valence electrons. The van der Waals surface area contributed by atoms with Crippen molar-refractivity contribution in [3.63, 3.8) is 0 Å². The van der Waals surface area contributed by atoms with Crippen molar-refractivity contribution in [3.8, 4) is 0 Å². The van der Waals surface area contributed by atoms with Crippen molar-refractivity contribution in [1.82, 2.24) is 0 Å². The fraction of sp³-hybridized carbons (Fsp3) is 0.596. The predicted octanol–water partition coefficient (Wildman–Crippen LogP) is 17.0. The average molecular weight is 841 g/mol. The fourth-order valence-corrected chi connectivity index (χ4v) is 6.36. The Hall–Kier alpha value is -3.47. The zero-order valence-electron chi connectivity index (χ0n) is 39.4. The van der Waals surface area contributed by atoms with Crippen LogP contribution in [-0.2, 0) is 14.3 Å². The van der Waals surface area contributed by atoms with E-state index in [1.807, 2.05) is 0 Å². The van der Waals surface area contributed by atoms with Gasteiger partial charge in [-0.3, -0.25) is 4.79 Å². The van der Waals surface area contributed by atoms with Crippen molar-refractivity contribution < 1.29 is 19.4 Å². The Bertz CT molecular complexity index is 1250. The minimum atomic E-state index is -0.562. The summed E-state index contributed by atoms with van der Waals surface area (Å²) in [5.41, 5.74) is 0. The molecule has 0 amide bonds. The van der Waals surface area contributed by atoms with Crippen molar-refractivity contribution in [1.29, 1.82) is 0 Å². The second-order valence-corrected chi connectivity index (χ2v) is 15.8. The molecule has 0 aliphatic rings. The van der Waals surface area contributed by atoms with E-state index in [-0.39, 0.29) is 19.2 Å². The van der Waals surface area contributed by atoms with E-state index in [2.05, 4.69) is 148 Å². The van der Waals surface area contributed by atoms with Gasteiger partial charge >= 0.3 is 5.97 Å². The number of unbranched alkanes of at least 4 members (excludes halogenated alkanes) is 14. The maximum atomic E-state index is 12.3. The highest BCUT2D eigenvalue weighted by Crippen LogP contribution is 2.13. The molecule has 0 radical (unpaired) electrons. The number of aliphatic hydroxyl groups is 1. The molecule has 0 rings (SSSR count). The average Bonchev–Trinajstić information content (AvgIpc) is 3.27. The monoisotopic (exact) mass is 841 g/mol. The van der Waals surface area contributed by atoms with Crippen LogP contribution in [0.15, 0.2) is 134 Å². The van der Waals surface area contributed by atoms with Gasteiger partial charge < -0.3 is 14.6 Å². The van der Waals surface area contributed by atoms with Crippen LogP contribution in [0.2, 0.25) is 0 Å². The molecule has 1 N–H and O–H groups in total. The minimum absolute atomic E-state index is 0.193. The Balaban J connectivity index is 3.55. The smallest absolute Gasteiger partial charge is 0.306 e. The van der Waals surface area contributed by atoms with Crippen molar-refractivity contribution in [2.24, 2.45) is 0 Å². The molecule has 0 aliphatic carbocycles. The highest BCUT2D eigenvalue weighted by molar-refractivity contribution is 5.69. The second kappa shape index (κ2) is 52.7. The Morgan fingerprint density at radius 3 is 1.03 bits per heavy atom. The summed E-state index contributed by atoms with van der Waals surface area (Å²) in [6, 6.07) is 0. The van der Waals surface area contributed by atoms with Gasteiger partial charge in [0.2, 0.25) is 0 Å². The SMILES string of the molecule is CC/C=C\C/C=C\C/C=C\C/C=C\C/C=C\C/C=C\CCCCCCC(=O)OC(CO)COCCCCCCCCCCCC/C=C\C/C=C\C/C=C\C/C=C\C/C=C\CC. The molecule has 0 bridgehead atoms. The van der Waals surface area contributed by atoms with Gasteiger partial charge in [0.25, 0.3) is 0 Å². The summed E-state index contributed by atoms with van der Waals surface area (Å²) in [6.45, 7) is 5.06. The topological polar surface area (TPSA) is 55.8 Å². The summed E-state index contributed by atoms with van der Waals surface area (Å²) in [7, 11) is 0. The highest BCUT2D eigenvalue weighted by Gasteiger charge is 2.13. The van der Waals surface area contributed by atoms with Gasteiger partial charge in [0, 0.05) is 13.0 Å². The van der Waals surface area contributed by atoms with Gasteiger partial charge in [-0.2, -0.15) is 0 Å². The molecule has 4 nitrogen and oxygen atoms in total. The summed E-state index contributed by atoms with van der Waals surface area (Å²) >= 11 is 0. The molecule has 4 heteroatoms. The molecule has 0 saturated carbocycles. The van der Waals surface area contributed by atoms with Gasteiger partial charge in [0.15, 0.2) is 0 Å². The first kappa shape index (κ1) is 57.5. The van der Waals surface area contributed by atoms with Crippen LogP contribution in [0.25, 0.3) is 0 Å². The predicted molar refractivity (Wildman–Crippen MR) is 269 cm³/mol. The summed E-state index contributed by atoms with van der Waals surface area (Å²) in [5.74, 6) is -0.232. The Kier molecular flexibility index (Phi) is 49.7. The zero-order chi connectivity index (χ0) is 44.0. The Labute approximate surface area is 377 Å². The summed E-state index contributed by atoms with van der Waals surface area (Å²) in [4.78, 5) is 12.3. The van der Waals surface area contributed by atoms with E-state index in [1.54, 1.807) is 0 Å². The largest absolute Gasteiger partial charge is 0.457 e. The molecule has 0 fully saturated rings. The third kappa shape index (κ3) is 50.8. The van der Waals surface area contributed by atoms with E-state index in [9.17, 15) is 9.90 Å². The molecule has 0 aromatic carbocycles. The second-order valence-electron chi connectivity index (χ2n) is 15.8. The molecule has 0 aliphatic heterocycles. The lowest BCUT2D eigenvalue weighted by atomic mass is 10.1. The number of rotatable bonds is 44. The lowest BCUT2D eigenvalue weighted by molar-refractivity contribution is -0.154. The summed E-state index contributed by atoms with van der Waals surface area (Å²) in [6.07, 6.45) is 79.6. The van der Waals surface area contributed by atoms with E-state index in [4.69, 9.17) is 9.47 Å². The Morgan fingerprint density at radius 2 is 0.689 bits per heavy atom. The first-order valence-electron chi connectivity index (χ1n) is 24.8. The van der Waals surface area contributed by atoms with Gasteiger partial charge in [-0.15, -0.1) is 0 Å². The van der Waals surface area contributed by atoms with E-state index in [1.165, 1.54) is 57.8 Å². The number of aliphatic hydroxyl groups excluding tert-OH is 1. The maximum absolute atomic E-state index is 12.3. The number of carbonyl (C=O) groups is 1. The first-order chi connectivity index (χ1) is 30.2. The van der Waals surface area contributed by atoms with E-state index < -0.39 is 6.10 Å². The molecule has 0 aromatic rings. The van der Waals surface area contributed by atoms with Gasteiger partial charge in [0.05, 0.1) is 13.2 Å². The van der Waals surface area contributed by atoms with Gasteiger partial charge in [-0.1, -0.05) is 212 Å². The molecular weight excluding hydrogens is 749 g/mol. The fourth-order valence-electron chi connectivity index (χ4n) is 6.36. The zero-order valence-corrected chi connectivity index (χ0v) is 39.4. The maximum Gasteiger partial charge on any atom is 0.306 e. The molecule has 0 aromatic heterocycles. The molecule has 0 heterocycles. The quantitative estimate of drug-likeness (QED) is 0.0377. The van der Waals surface area contributed by atoms with Crippen molar-refractivity contribution in [2.45, 2.75) is 200 Å². The van der Waals surface area contributed by atoms with Gasteiger partial charge in [-0.25, -0.2) is 0 Å². The van der Waals surface area contributed by atoms with Crippen LogP contribution in [0.5, 0.6) is 0 Å². The van der Waals surface area contributed by atoms with E-state index in [0.29, 0.717) is 13.0 Å². The number of ether oxygens (including phenoxy) is 2. The molecular formula is C57H92O4. The van der Waals surface area contributed by atoms with Crippen LogP contribution in [0, 0.1) is 0 Å². The standard InChI is InChI=1S/C57H92O4/c1-3-5-7-9-11-13-15-17-19-21-23-25-27-28-29-31-33-35-37-39-41-43-45-47-49-51-53-60-55-56(54-58)61-57(59)52-50-48-46-44-42-40-38-36-34-32-30-26-24-22-20-18-16-14-12-10-8-6-4-2/h5-8,11-14,17-20,23-26,28-29,32,34,38,40,56,58H,3-4,9-10,15-16,21-22,27,30-31,33,35-37,39,41-55H2,1-2H3/b7-5-,8-6-,13-11-,14-12-,19-17-,20-18-,25-23-,26-24-,29-28-,34-32-,40-38-. The minimum Gasteiger partial charge on any atom is -0.457 e. The lowest BCUT2D eigenvalue weighted by Crippen LogP contribution is -2.27. The summed E-state index contributed by atoms with van der Waals surface area (Å²) in [5, 5.41) is 9.65. The van der Waals surface area contributed by atoms with Crippen LogP contribution in [0.1, 0.15) is 194 Å². The molecule has 0 spiro atoms. The van der Waals surface area contributed by atoms with Crippen molar-refractivity contribution in [3.05, 3.63) is 134 Å². The lowest BCUT2D eigenvalue weighted by Gasteiger charge is -2.15. The van der Waals surface area contributed by atoms with Crippen LogP contribution in [0.4, 0.5) is 0 Å². The van der Waals surface area contributed by atoms with E-state index in [0.717, 1.165) is 116 Å². The van der Waals surface area contributed by atoms with Crippen LogP contribution in [0.3, 0.4) is 0 Å². The van der Waals surface area contributed by atoms with Crippen LogP contribution >= 0.6 is 0 Å². The first-order valence-corrected chi connectivity index (χ1v) is 24.8. The van der Waals surface area contributed by atoms with Crippen LogP contribution < -0.4 is 0 Å². The number of allylic oxidation sites excluding steroid dienone is 22. The molecule has 61 heavy (non-hydrogen) atoms. The third-order valence-corrected chi connectivity index (χ3v) is 9.97. The molecule has 0 saturated heterocycles. The van der Waals surface area contributed by atoms with Gasteiger partial charge in [-0.05, 0) is 109 Å². The van der Waals surface area contributed by atoms with Crippen molar-refractivity contribution in [2.75, 3.05) is 19.8 Å².